The minimum absolute atomic E-state index is 0.0276. The van der Waals surface area contributed by atoms with E-state index in [9.17, 15) is 9.59 Å². The summed E-state index contributed by atoms with van der Waals surface area (Å²) in [6, 6.07) is 0. The molecule has 0 bridgehead atoms. The van der Waals surface area contributed by atoms with E-state index in [-0.39, 0.29) is 5.78 Å². The first-order chi connectivity index (χ1) is 8.16. The molecule has 0 atom stereocenters. The molecule has 0 unspecified atom stereocenters. The highest BCUT2D eigenvalue weighted by molar-refractivity contribution is 5.89. The van der Waals surface area contributed by atoms with Crippen LogP contribution >= 0.6 is 0 Å². The molecule has 0 rings (SSSR count). The Morgan fingerprint density at radius 3 is 2.18 bits per heavy atom. The van der Waals surface area contributed by atoms with E-state index in [1.807, 2.05) is 0 Å². The van der Waals surface area contributed by atoms with E-state index >= 15 is 0 Å². The van der Waals surface area contributed by atoms with Crippen LogP contribution in [0.15, 0.2) is 12.3 Å². The van der Waals surface area contributed by atoms with Gasteiger partial charge < -0.3 is 4.74 Å². The summed E-state index contributed by atoms with van der Waals surface area (Å²) in [7, 11) is 0. The van der Waals surface area contributed by atoms with Gasteiger partial charge in [0.05, 0.1) is 6.26 Å². The zero-order valence-corrected chi connectivity index (χ0v) is 11.0. The van der Waals surface area contributed by atoms with Crippen molar-refractivity contribution < 1.29 is 14.3 Å². The minimum Gasteiger partial charge on any atom is -0.435 e. The highest BCUT2D eigenvalue weighted by atomic mass is 16.5. The number of ether oxygens (including phenoxy) is 1. The van der Waals surface area contributed by atoms with Crippen LogP contribution in [0.4, 0.5) is 0 Å². The monoisotopic (exact) mass is 240 g/mol. The molecule has 0 amide bonds. The molecule has 17 heavy (non-hydrogen) atoms. The third-order valence-electron chi connectivity index (χ3n) is 2.51. The summed E-state index contributed by atoms with van der Waals surface area (Å²) >= 11 is 0. The Kier molecular flexibility index (Phi) is 10.6. The standard InChI is InChI=1S/C14H24O3/c1-3-4-5-6-7-8-9-10-14(16)11-12-17-13(2)15/h11-12H,3-10H2,1-2H3/b12-11-. The van der Waals surface area contributed by atoms with E-state index in [2.05, 4.69) is 11.7 Å². The molecular formula is C14H24O3. The molecule has 0 heterocycles. The first-order valence-corrected chi connectivity index (χ1v) is 6.53. The van der Waals surface area contributed by atoms with Gasteiger partial charge in [0.2, 0.25) is 0 Å². The third kappa shape index (κ3) is 12.8. The van der Waals surface area contributed by atoms with Gasteiger partial charge in [0, 0.05) is 19.4 Å². The zero-order chi connectivity index (χ0) is 12.9. The van der Waals surface area contributed by atoms with Gasteiger partial charge in [-0.1, -0.05) is 45.4 Å². The van der Waals surface area contributed by atoms with Crippen molar-refractivity contribution in [2.75, 3.05) is 0 Å². The van der Waals surface area contributed by atoms with E-state index < -0.39 is 5.97 Å². The van der Waals surface area contributed by atoms with Gasteiger partial charge in [-0.25, -0.2) is 0 Å². The van der Waals surface area contributed by atoms with Crippen LogP contribution in [0.1, 0.15) is 65.2 Å². The van der Waals surface area contributed by atoms with E-state index in [1.54, 1.807) is 0 Å². The van der Waals surface area contributed by atoms with Gasteiger partial charge in [-0.2, -0.15) is 0 Å². The number of unbranched alkanes of at least 4 members (excludes halogenated alkanes) is 6. The topological polar surface area (TPSA) is 43.4 Å². The second-order valence-corrected chi connectivity index (χ2v) is 4.25. The molecule has 98 valence electrons. The van der Waals surface area contributed by atoms with Gasteiger partial charge in [-0.05, 0) is 6.42 Å². The highest BCUT2D eigenvalue weighted by Crippen LogP contribution is 2.08. The molecule has 3 heteroatoms. The Hall–Kier alpha value is -1.12. The van der Waals surface area contributed by atoms with Gasteiger partial charge in [0.1, 0.15) is 0 Å². The predicted octanol–water partition coefficient (Wildman–Crippen LogP) is 3.77. The molecule has 0 aliphatic heterocycles. The van der Waals surface area contributed by atoms with Crippen LogP contribution in [-0.4, -0.2) is 11.8 Å². The molecule has 0 spiro atoms. The molecule has 0 aromatic carbocycles. The lowest BCUT2D eigenvalue weighted by Crippen LogP contribution is -1.95. The first-order valence-electron chi connectivity index (χ1n) is 6.53. The predicted molar refractivity (Wildman–Crippen MR) is 68.5 cm³/mol. The fourth-order valence-corrected chi connectivity index (χ4v) is 1.55. The van der Waals surface area contributed by atoms with Gasteiger partial charge in [-0.15, -0.1) is 0 Å². The van der Waals surface area contributed by atoms with E-state index in [0.717, 1.165) is 12.8 Å². The Labute approximate surface area is 104 Å². The number of allylic oxidation sites excluding steroid dienone is 1. The van der Waals surface area contributed by atoms with E-state index in [0.29, 0.717) is 6.42 Å². The number of ketones is 1. The molecule has 0 radical (unpaired) electrons. The second-order valence-electron chi connectivity index (χ2n) is 4.25. The van der Waals surface area contributed by atoms with Crippen molar-refractivity contribution in [3.63, 3.8) is 0 Å². The molecule has 3 nitrogen and oxygen atoms in total. The highest BCUT2D eigenvalue weighted by Gasteiger charge is 1.97. The number of rotatable bonds is 10. The van der Waals surface area contributed by atoms with Gasteiger partial charge in [0.15, 0.2) is 5.78 Å². The number of hydrogen-bond donors (Lipinski definition) is 0. The summed E-state index contributed by atoms with van der Waals surface area (Å²) in [6.45, 7) is 3.51. The van der Waals surface area contributed by atoms with E-state index in [1.165, 1.54) is 51.4 Å². The van der Waals surface area contributed by atoms with Crippen LogP contribution in [-0.2, 0) is 14.3 Å². The molecule has 0 N–H and O–H groups in total. The molecule has 0 saturated carbocycles. The van der Waals surface area contributed by atoms with Crippen LogP contribution in [0.25, 0.3) is 0 Å². The maximum atomic E-state index is 11.3. The molecule has 0 fully saturated rings. The molecule has 0 aromatic heterocycles. The molecule has 0 aliphatic carbocycles. The van der Waals surface area contributed by atoms with Crippen LogP contribution in [0, 0.1) is 0 Å². The van der Waals surface area contributed by atoms with Crippen molar-refractivity contribution in [1.82, 2.24) is 0 Å². The maximum Gasteiger partial charge on any atom is 0.307 e. The van der Waals surface area contributed by atoms with Crippen LogP contribution in [0.2, 0.25) is 0 Å². The van der Waals surface area contributed by atoms with Crippen LogP contribution < -0.4 is 0 Å². The fraction of sp³-hybridized carbons (Fsp3) is 0.714. The summed E-state index contributed by atoms with van der Waals surface area (Å²) in [6.07, 6.45) is 11.4. The molecular weight excluding hydrogens is 216 g/mol. The van der Waals surface area contributed by atoms with Gasteiger partial charge >= 0.3 is 5.97 Å². The zero-order valence-electron chi connectivity index (χ0n) is 11.0. The van der Waals surface area contributed by atoms with Crippen molar-refractivity contribution in [3.8, 4) is 0 Å². The largest absolute Gasteiger partial charge is 0.435 e. The van der Waals surface area contributed by atoms with Crippen LogP contribution in [0.5, 0.6) is 0 Å². The number of carbonyl (C=O) groups excluding carboxylic acids is 2. The summed E-state index contributed by atoms with van der Waals surface area (Å²) in [5, 5.41) is 0. The number of hydrogen-bond acceptors (Lipinski definition) is 3. The first kappa shape index (κ1) is 15.9. The van der Waals surface area contributed by atoms with Crippen molar-refractivity contribution >= 4 is 11.8 Å². The van der Waals surface area contributed by atoms with Gasteiger partial charge in [0.25, 0.3) is 0 Å². The summed E-state index contributed by atoms with van der Waals surface area (Å²) < 4.78 is 4.54. The van der Waals surface area contributed by atoms with Crippen LogP contribution in [0.3, 0.4) is 0 Å². The quantitative estimate of drug-likeness (QED) is 0.253. The summed E-state index contributed by atoms with van der Waals surface area (Å²) in [5.74, 6) is -0.371. The lowest BCUT2D eigenvalue weighted by atomic mass is 10.1. The Bertz CT molecular complexity index is 244. The second kappa shape index (κ2) is 11.4. The lowest BCUT2D eigenvalue weighted by Gasteiger charge is -1.99. The van der Waals surface area contributed by atoms with Gasteiger partial charge in [-0.3, -0.25) is 9.59 Å². The van der Waals surface area contributed by atoms with Crippen molar-refractivity contribution in [2.24, 2.45) is 0 Å². The molecule has 0 saturated heterocycles. The average molecular weight is 240 g/mol. The average Bonchev–Trinajstić information content (AvgIpc) is 2.27. The summed E-state index contributed by atoms with van der Waals surface area (Å²) in [5.41, 5.74) is 0. The number of carbonyl (C=O) groups is 2. The minimum atomic E-state index is -0.398. The number of esters is 1. The third-order valence-corrected chi connectivity index (χ3v) is 2.51. The Morgan fingerprint density at radius 1 is 1.00 bits per heavy atom. The Morgan fingerprint density at radius 2 is 1.59 bits per heavy atom. The maximum absolute atomic E-state index is 11.3. The SMILES string of the molecule is CCCCCCCCCC(=O)/C=C\OC(C)=O. The normalized spacial score (nSPS) is 10.7. The lowest BCUT2D eigenvalue weighted by molar-refractivity contribution is -0.135. The van der Waals surface area contributed by atoms with E-state index in [4.69, 9.17) is 0 Å². The van der Waals surface area contributed by atoms with Crippen molar-refractivity contribution in [1.29, 1.82) is 0 Å². The molecule has 0 aliphatic rings. The molecule has 0 aromatic rings. The van der Waals surface area contributed by atoms with Crippen molar-refractivity contribution in [3.05, 3.63) is 12.3 Å². The Balaban J connectivity index is 3.33. The summed E-state index contributed by atoms with van der Waals surface area (Å²) in [4.78, 5) is 21.7. The fourth-order valence-electron chi connectivity index (χ4n) is 1.55. The van der Waals surface area contributed by atoms with Crippen molar-refractivity contribution in [2.45, 2.75) is 65.2 Å². The smallest absolute Gasteiger partial charge is 0.307 e.